The molecule has 1 aliphatic rings. The molecule has 24 heavy (non-hydrogen) atoms. The van der Waals surface area contributed by atoms with Crippen LogP contribution in [0.25, 0.3) is 22.7 Å². The maximum absolute atomic E-state index is 12.3. The van der Waals surface area contributed by atoms with Crippen molar-refractivity contribution in [1.29, 1.82) is 0 Å². The second kappa shape index (κ2) is 6.32. The van der Waals surface area contributed by atoms with E-state index in [0.717, 1.165) is 34.9 Å². The summed E-state index contributed by atoms with van der Waals surface area (Å²) in [6.07, 6.45) is 12.3. The van der Waals surface area contributed by atoms with Gasteiger partial charge in [-0.05, 0) is 43.4 Å². The summed E-state index contributed by atoms with van der Waals surface area (Å²) in [5.41, 5.74) is 3.76. The van der Waals surface area contributed by atoms with Gasteiger partial charge in [0.2, 0.25) is 0 Å². The smallest absolute Gasteiger partial charge is 0.273 e. The lowest BCUT2D eigenvalue weighted by Crippen LogP contribution is -2.22. The van der Waals surface area contributed by atoms with Gasteiger partial charge >= 0.3 is 0 Å². The summed E-state index contributed by atoms with van der Waals surface area (Å²) in [5.74, 6) is 0. The van der Waals surface area contributed by atoms with Crippen LogP contribution in [0.4, 0.5) is 0 Å². The average Bonchev–Trinajstić information content (AvgIpc) is 3.01. The molecule has 124 valence electrons. The molecule has 5 nitrogen and oxygen atoms in total. The van der Waals surface area contributed by atoms with Gasteiger partial charge in [0.25, 0.3) is 5.56 Å². The number of nitrogens with zero attached hydrogens (tertiary/aromatic N) is 1. The van der Waals surface area contributed by atoms with Crippen molar-refractivity contribution in [2.45, 2.75) is 38.5 Å². The summed E-state index contributed by atoms with van der Waals surface area (Å²) in [7, 11) is 0. The van der Waals surface area contributed by atoms with E-state index in [2.05, 4.69) is 19.9 Å². The maximum atomic E-state index is 12.3. The zero-order chi connectivity index (χ0) is 16.5. The molecule has 0 bridgehead atoms. The van der Waals surface area contributed by atoms with Crippen LogP contribution < -0.4 is 16.4 Å². The quantitative estimate of drug-likeness (QED) is 0.594. The van der Waals surface area contributed by atoms with E-state index in [9.17, 15) is 4.79 Å². The Hall–Kier alpha value is -2.27. The largest absolute Gasteiger partial charge is 0.346 e. The van der Waals surface area contributed by atoms with Gasteiger partial charge in [-0.25, -0.2) is 4.98 Å². The number of fused-ring (bicyclic) bond motifs is 1. The number of hydrogen-bond donors (Lipinski definition) is 3. The summed E-state index contributed by atoms with van der Waals surface area (Å²) < 4.78 is 0. The second-order valence-corrected chi connectivity index (χ2v) is 6.76. The van der Waals surface area contributed by atoms with Crippen molar-refractivity contribution in [2.75, 3.05) is 0 Å². The summed E-state index contributed by atoms with van der Waals surface area (Å²) in [4.78, 5) is 25.9. The molecule has 3 aromatic heterocycles. The molecule has 6 heteroatoms. The Morgan fingerprint density at radius 2 is 1.92 bits per heavy atom. The fourth-order valence-electron chi connectivity index (χ4n) is 3.36. The highest BCUT2D eigenvalue weighted by Gasteiger charge is 2.08. The minimum atomic E-state index is -0.0916. The lowest BCUT2D eigenvalue weighted by atomic mass is 10.1. The number of H-pyrrole nitrogens is 3. The van der Waals surface area contributed by atoms with Crippen LogP contribution in [0.2, 0.25) is 5.02 Å². The molecule has 3 N–H and O–H groups in total. The van der Waals surface area contributed by atoms with Crippen molar-refractivity contribution >= 4 is 34.3 Å². The van der Waals surface area contributed by atoms with Crippen LogP contribution in [0.15, 0.2) is 23.3 Å². The summed E-state index contributed by atoms with van der Waals surface area (Å²) in [6, 6.07) is 1.85. The van der Waals surface area contributed by atoms with Gasteiger partial charge in [-0.1, -0.05) is 24.4 Å². The third-order valence-corrected chi connectivity index (χ3v) is 4.84. The molecule has 3 aromatic rings. The van der Waals surface area contributed by atoms with Crippen LogP contribution in [0, 0.1) is 0 Å². The summed E-state index contributed by atoms with van der Waals surface area (Å²) in [6.45, 7) is 0. The first-order chi connectivity index (χ1) is 11.7. The number of pyridine rings is 1. The van der Waals surface area contributed by atoms with E-state index in [4.69, 9.17) is 11.6 Å². The van der Waals surface area contributed by atoms with Crippen molar-refractivity contribution in [3.05, 3.63) is 50.2 Å². The fraction of sp³-hybridized carbons (Fsp3) is 0.333. The molecule has 0 aromatic carbocycles. The zero-order valence-corrected chi connectivity index (χ0v) is 14.0. The van der Waals surface area contributed by atoms with Crippen LogP contribution in [-0.2, 0) is 0 Å². The number of aromatic nitrogens is 4. The van der Waals surface area contributed by atoms with Gasteiger partial charge in [-0.15, -0.1) is 0 Å². The second-order valence-electron chi connectivity index (χ2n) is 6.32. The number of imidazole rings is 1. The predicted octanol–water partition coefficient (Wildman–Crippen LogP) is 2.57. The Bertz CT molecular complexity index is 1050. The van der Waals surface area contributed by atoms with Gasteiger partial charge in [0.05, 0.1) is 5.02 Å². The monoisotopic (exact) mass is 342 g/mol. The van der Waals surface area contributed by atoms with Gasteiger partial charge < -0.3 is 15.0 Å². The SMILES string of the molecule is O=c1[nH]c(=C2CCCCCC2)[nH]c1=Cc1c[nH]c2ncc(Cl)cc12. The predicted molar refractivity (Wildman–Crippen MR) is 96.4 cm³/mol. The van der Waals surface area contributed by atoms with E-state index in [1.54, 1.807) is 6.20 Å². The lowest BCUT2D eigenvalue weighted by Gasteiger charge is -1.98. The van der Waals surface area contributed by atoms with Crippen molar-refractivity contribution in [3.63, 3.8) is 0 Å². The summed E-state index contributed by atoms with van der Waals surface area (Å²) >= 11 is 6.03. The number of hydrogen-bond acceptors (Lipinski definition) is 2. The molecular weight excluding hydrogens is 324 g/mol. The van der Waals surface area contributed by atoms with E-state index < -0.39 is 0 Å². The van der Waals surface area contributed by atoms with E-state index in [0.29, 0.717) is 10.4 Å². The number of rotatable bonds is 1. The molecule has 0 aliphatic heterocycles. The Balaban J connectivity index is 1.84. The molecule has 1 saturated carbocycles. The first-order valence-electron chi connectivity index (χ1n) is 8.35. The molecule has 0 unspecified atom stereocenters. The summed E-state index contributed by atoms with van der Waals surface area (Å²) in [5, 5.41) is 2.04. The molecule has 0 amide bonds. The maximum Gasteiger partial charge on any atom is 0.273 e. The van der Waals surface area contributed by atoms with Crippen molar-refractivity contribution in [2.24, 2.45) is 0 Å². The third-order valence-electron chi connectivity index (χ3n) is 4.63. The zero-order valence-electron chi connectivity index (χ0n) is 13.3. The molecular formula is C18H19ClN4O. The van der Waals surface area contributed by atoms with Crippen molar-refractivity contribution in [1.82, 2.24) is 19.9 Å². The van der Waals surface area contributed by atoms with Gasteiger partial charge in [-0.3, -0.25) is 4.79 Å². The fourth-order valence-corrected chi connectivity index (χ4v) is 3.52. The number of halogens is 1. The Morgan fingerprint density at radius 1 is 1.12 bits per heavy atom. The van der Waals surface area contributed by atoms with Gasteiger partial charge in [-0.2, -0.15) is 0 Å². The van der Waals surface area contributed by atoms with Crippen LogP contribution >= 0.6 is 11.6 Å². The highest BCUT2D eigenvalue weighted by molar-refractivity contribution is 6.31. The lowest BCUT2D eigenvalue weighted by molar-refractivity contribution is 0.702. The number of aromatic amines is 3. The molecule has 0 atom stereocenters. The molecule has 1 aliphatic carbocycles. The van der Waals surface area contributed by atoms with Crippen LogP contribution in [0.3, 0.4) is 0 Å². The van der Waals surface area contributed by atoms with E-state index >= 15 is 0 Å². The van der Waals surface area contributed by atoms with Gasteiger partial charge in [0.1, 0.15) is 16.5 Å². The minimum Gasteiger partial charge on any atom is -0.346 e. The van der Waals surface area contributed by atoms with Crippen LogP contribution in [0.5, 0.6) is 0 Å². The third kappa shape index (κ3) is 2.91. The Kier molecular flexibility index (Phi) is 4.02. The molecule has 0 saturated heterocycles. The van der Waals surface area contributed by atoms with Crippen LogP contribution in [0.1, 0.15) is 44.1 Å². The first-order valence-corrected chi connectivity index (χ1v) is 8.73. The first kappa shape index (κ1) is 15.3. The Labute approximate surface area is 143 Å². The van der Waals surface area contributed by atoms with Crippen molar-refractivity contribution < 1.29 is 0 Å². The normalized spacial score (nSPS) is 16.7. The molecule has 4 rings (SSSR count). The number of nitrogens with one attached hydrogen (secondary N) is 3. The molecule has 1 fully saturated rings. The van der Waals surface area contributed by atoms with E-state index in [1.807, 2.05) is 18.3 Å². The van der Waals surface area contributed by atoms with Crippen LogP contribution in [-0.4, -0.2) is 19.9 Å². The minimum absolute atomic E-state index is 0.0916. The highest BCUT2D eigenvalue weighted by Crippen LogP contribution is 2.21. The van der Waals surface area contributed by atoms with Gasteiger partial charge in [0.15, 0.2) is 0 Å². The molecule has 3 heterocycles. The Morgan fingerprint density at radius 3 is 2.71 bits per heavy atom. The van der Waals surface area contributed by atoms with E-state index in [-0.39, 0.29) is 5.56 Å². The van der Waals surface area contributed by atoms with Crippen molar-refractivity contribution in [3.8, 4) is 0 Å². The standard InChI is InChI=1S/C18H19ClN4O/c19-13-8-14-12(9-20-17(14)21-10-13)7-15-18(24)23-16(22-15)11-5-3-1-2-4-6-11/h7-10,22H,1-6H2,(H,20,21)(H,23,24). The van der Waals surface area contributed by atoms with E-state index in [1.165, 1.54) is 31.3 Å². The molecule has 0 radical (unpaired) electrons. The average molecular weight is 343 g/mol. The topological polar surface area (TPSA) is 77.3 Å². The van der Waals surface area contributed by atoms with Gasteiger partial charge in [0, 0.05) is 23.3 Å². The molecule has 0 spiro atoms. The highest BCUT2D eigenvalue weighted by atomic mass is 35.5.